The maximum absolute atomic E-state index is 13.2. The van der Waals surface area contributed by atoms with Crippen LogP contribution in [-0.2, 0) is 27.9 Å². The summed E-state index contributed by atoms with van der Waals surface area (Å²) in [5.41, 5.74) is 2.24. The number of fused-ring (bicyclic) bond motifs is 1. The van der Waals surface area contributed by atoms with Crippen molar-refractivity contribution >= 4 is 62.4 Å². The number of rotatable bonds is 7. The number of amides is 2. The number of amidine groups is 1. The zero-order valence-corrected chi connectivity index (χ0v) is 21.5. The van der Waals surface area contributed by atoms with Crippen LogP contribution in [0, 0.1) is 5.41 Å². The van der Waals surface area contributed by atoms with Crippen LogP contribution in [0.15, 0.2) is 48.7 Å². The van der Waals surface area contributed by atoms with E-state index in [-0.39, 0.29) is 41.3 Å². The second kappa shape index (κ2) is 9.74. The fourth-order valence-corrected chi connectivity index (χ4v) is 5.83. The van der Waals surface area contributed by atoms with Gasteiger partial charge >= 0.3 is 0 Å². The quantitative estimate of drug-likeness (QED) is 0.418. The smallest absolute Gasteiger partial charge is 0.289 e. The molecule has 2 aromatic heterocycles. The molecule has 2 N–H and O–H groups in total. The van der Waals surface area contributed by atoms with Gasteiger partial charge in [-0.15, -0.1) is 11.3 Å². The molecule has 0 radical (unpaired) electrons. The average Bonchev–Trinajstić information content (AvgIpc) is 3.56. The predicted molar refractivity (Wildman–Crippen MR) is 138 cm³/mol. The van der Waals surface area contributed by atoms with E-state index in [1.807, 2.05) is 24.3 Å². The van der Waals surface area contributed by atoms with E-state index in [2.05, 4.69) is 4.98 Å². The molecule has 0 spiro atoms. The minimum atomic E-state index is -4.62. The molecule has 37 heavy (non-hydrogen) atoms. The van der Waals surface area contributed by atoms with Gasteiger partial charge in [-0.3, -0.25) is 29.4 Å². The van der Waals surface area contributed by atoms with Crippen molar-refractivity contribution in [2.75, 3.05) is 28.8 Å². The van der Waals surface area contributed by atoms with Crippen molar-refractivity contribution < 1.29 is 27.3 Å². The summed E-state index contributed by atoms with van der Waals surface area (Å²) >= 11 is 6.91. The molecule has 0 aliphatic carbocycles. The van der Waals surface area contributed by atoms with Crippen LogP contribution in [0.1, 0.15) is 31.2 Å². The van der Waals surface area contributed by atoms with Gasteiger partial charge in [-0.25, -0.2) is 4.98 Å². The van der Waals surface area contributed by atoms with E-state index in [4.69, 9.17) is 21.7 Å². The molecule has 2 aliphatic rings. The Balaban J connectivity index is 1.44. The molecule has 0 atom stereocenters. The molecule has 0 unspecified atom stereocenters. The Labute approximate surface area is 221 Å². The van der Waals surface area contributed by atoms with Crippen molar-refractivity contribution in [1.82, 2.24) is 9.88 Å². The molecule has 4 heterocycles. The number of nitrogens with one attached hydrogen (secondary N) is 1. The highest BCUT2D eigenvalue weighted by Gasteiger charge is 2.35. The fraction of sp³-hybridized carbons (Fsp3) is 0.217. The van der Waals surface area contributed by atoms with Crippen LogP contribution in [0.3, 0.4) is 0 Å². The number of nitrogens with zero attached hydrogens (tertiary/aromatic N) is 4. The van der Waals surface area contributed by atoms with E-state index in [9.17, 15) is 22.6 Å². The lowest BCUT2D eigenvalue weighted by molar-refractivity contribution is 0.0766. The summed E-state index contributed by atoms with van der Waals surface area (Å²) in [6, 6.07) is 11.9. The molecule has 14 heteroatoms. The molecule has 5 rings (SSSR count). The van der Waals surface area contributed by atoms with Gasteiger partial charge in [0.1, 0.15) is 12.4 Å². The molecule has 0 bridgehead atoms. The number of aromatic nitrogens is 1. The van der Waals surface area contributed by atoms with Gasteiger partial charge in [0.25, 0.3) is 28.0 Å². The summed E-state index contributed by atoms with van der Waals surface area (Å²) in [4.78, 5) is 34.9. The van der Waals surface area contributed by atoms with Gasteiger partial charge in [0.15, 0.2) is 5.88 Å². The fourth-order valence-electron chi connectivity index (χ4n) is 4.27. The SMILES string of the molecule is N=C1OCCN1c1cccc(CN2Cc3c(ccnc3N(CS(=O)(=O)O)C(=O)c3ccc(Cl)s3)C2=O)c1. The van der Waals surface area contributed by atoms with Gasteiger partial charge in [-0.05, 0) is 35.9 Å². The van der Waals surface area contributed by atoms with Crippen molar-refractivity contribution in [3.05, 3.63) is 74.6 Å². The zero-order valence-electron chi connectivity index (χ0n) is 19.1. The molecular formula is C23H20ClN5O6S2. The first-order valence-corrected chi connectivity index (χ1v) is 13.8. The van der Waals surface area contributed by atoms with Gasteiger partial charge in [-0.1, -0.05) is 23.7 Å². The van der Waals surface area contributed by atoms with Gasteiger partial charge < -0.3 is 9.64 Å². The van der Waals surface area contributed by atoms with Crippen LogP contribution < -0.4 is 9.80 Å². The van der Waals surface area contributed by atoms with Crippen molar-refractivity contribution in [3.8, 4) is 0 Å². The third-order valence-electron chi connectivity index (χ3n) is 5.87. The van der Waals surface area contributed by atoms with Crippen LogP contribution in [0.4, 0.5) is 11.5 Å². The molecule has 192 valence electrons. The standard InChI is InChI=1S/C23H20ClN5O6S2/c24-19-5-4-18(36-19)22(31)29(13-37(32,33)34)20-17-12-27(21(30)16(17)6-7-26-20)11-14-2-1-3-15(10-14)28-8-9-35-23(28)25/h1-7,10,25H,8-9,11-13H2,(H,32,33,34). The lowest BCUT2D eigenvalue weighted by atomic mass is 10.1. The van der Waals surface area contributed by atoms with Gasteiger partial charge in [0.05, 0.1) is 22.3 Å². The summed E-state index contributed by atoms with van der Waals surface area (Å²) in [5, 5.41) is 7.91. The van der Waals surface area contributed by atoms with Gasteiger partial charge in [0, 0.05) is 29.6 Å². The first-order chi connectivity index (χ1) is 17.6. The minimum Gasteiger partial charge on any atom is -0.463 e. The van der Waals surface area contributed by atoms with Crippen LogP contribution in [-0.4, -0.2) is 59.7 Å². The maximum Gasteiger partial charge on any atom is 0.289 e. The number of ether oxygens (including phenoxy) is 1. The van der Waals surface area contributed by atoms with E-state index >= 15 is 0 Å². The van der Waals surface area contributed by atoms with Gasteiger partial charge in [0.2, 0.25) is 0 Å². The Morgan fingerprint density at radius 3 is 2.76 bits per heavy atom. The average molecular weight is 562 g/mol. The Hall–Kier alpha value is -3.52. The number of hydrogen-bond acceptors (Lipinski definition) is 8. The van der Waals surface area contributed by atoms with E-state index in [1.165, 1.54) is 24.4 Å². The Morgan fingerprint density at radius 1 is 1.27 bits per heavy atom. The molecule has 1 fully saturated rings. The Kier molecular flexibility index (Phi) is 6.62. The van der Waals surface area contributed by atoms with Crippen LogP contribution in [0.5, 0.6) is 0 Å². The molecule has 2 aliphatic heterocycles. The van der Waals surface area contributed by atoms with Crippen LogP contribution in [0.2, 0.25) is 4.34 Å². The highest BCUT2D eigenvalue weighted by atomic mass is 35.5. The number of pyridine rings is 1. The first kappa shape index (κ1) is 25.1. The van der Waals surface area contributed by atoms with E-state index in [0.717, 1.165) is 27.5 Å². The normalized spacial score (nSPS) is 15.2. The number of anilines is 2. The summed E-state index contributed by atoms with van der Waals surface area (Å²) in [6.45, 7) is 1.29. The van der Waals surface area contributed by atoms with E-state index in [0.29, 0.717) is 23.1 Å². The monoisotopic (exact) mass is 561 g/mol. The Bertz CT molecular complexity index is 1530. The number of halogens is 1. The molecule has 1 aromatic carbocycles. The van der Waals surface area contributed by atoms with Gasteiger partial charge in [-0.2, -0.15) is 8.42 Å². The Morgan fingerprint density at radius 2 is 2.08 bits per heavy atom. The maximum atomic E-state index is 13.2. The minimum absolute atomic E-state index is 0.0306. The highest BCUT2D eigenvalue weighted by molar-refractivity contribution is 7.85. The summed E-state index contributed by atoms with van der Waals surface area (Å²) < 4.78 is 38.7. The molecular weight excluding hydrogens is 542 g/mol. The number of thiophene rings is 1. The lowest BCUT2D eigenvalue weighted by Gasteiger charge is -2.22. The van der Waals surface area contributed by atoms with Crippen molar-refractivity contribution in [3.63, 3.8) is 0 Å². The van der Waals surface area contributed by atoms with E-state index < -0.39 is 21.9 Å². The third-order valence-corrected chi connectivity index (χ3v) is 7.67. The lowest BCUT2D eigenvalue weighted by Crippen LogP contribution is -2.36. The molecule has 0 saturated carbocycles. The van der Waals surface area contributed by atoms with Crippen molar-refractivity contribution in [1.29, 1.82) is 5.41 Å². The molecule has 2 amide bonds. The predicted octanol–water partition coefficient (Wildman–Crippen LogP) is 3.22. The number of hydrogen-bond donors (Lipinski definition) is 2. The van der Waals surface area contributed by atoms with Crippen LogP contribution >= 0.6 is 22.9 Å². The van der Waals surface area contributed by atoms with E-state index in [1.54, 1.807) is 9.80 Å². The van der Waals surface area contributed by atoms with Crippen LogP contribution in [0.25, 0.3) is 0 Å². The largest absolute Gasteiger partial charge is 0.463 e. The number of benzene rings is 1. The summed E-state index contributed by atoms with van der Waals surface area (Å²) in [5.74, 6) is -2.09. The van der Waals surface area contributed by atoms with Crippen molar-refractivity contribution in [2.45, 2.75) is 13.1 Å². The topological polar surface area (TPSA) is 144 Å². The number of carbonyl (C=O) groups excluding carboxylic acids is 2. The number of carbonyl (C=O) groups is 2. The molecule has 1 saturated heterocycles. The molecule has 3 aromatic rings. The summed E-state index contributed by atoms with van der Waals surface area (Å²) in [7, 11) is -4.62. The summed E-state index contributed by atoms with van der Waals surface area (Å²) in [6.07, 6.45) is 1.32. The van der Waals surface area contributed by atoms with Crippen molar-refractivity contribution in [2.24, 2.45) is 0 Å². The second-order valence-corrected chi connectivity index (χ2v) is 11.5. The molecule has 11 nitrogen and oxygen atoms in total. The first-order valence-electron chi connectivity index (χ1n) is 11.0. The highest BCUT2D eigenvalue weighted by Crippen LogP contribution is 2.33. The second-order valence-electron chi connectivity index (χ2n) is 8.34. The zero-order chi connectivity index (χ0) is 26.3. The third kappa shape index (κ3) is 5.16.